The average Bonchev–Trinajstić information content (AvgIpc) is 2.90. The van der Waals surface area contributed by atoms with Crippen LogP contribution in [0.15, 0.2) is 34.8 Å². The smallest absolute Gasteiger partial charge is 0.272 e. The molecule has 0 aliphatic rings. The summed E-state index contributed by atoms with van der Waals surface area (Å²) in [5.74, 6) is 0.849. The lowest BCUT2D eigenvalue weighted by atomic mass is 9.88. The van der Waals surface area contributed by atoms with Gasteiger partial charge in [0.2, 0.25) is 0 Å². The van der Waals surface area contributed by atoms with Crippen LogP contribution in [0.2, 0.25) is 0 Å². The highest BCUT2D eigenvalue weighted by atomic mass is 79.9. The Morgan fingerprint density at radius 2 is 1.87 bits per heavy atom. The molecule has 0 saturated heterocycles. The Morgan fingerprint density at radius 1 is 1.22 bits per heavy atom. The molecule has 0 bridgehead atoms. The van der Waals surface area contributed by atoms with E-state index in [4.69, 9.17) is 0 Å². The van der Waals surface area contributed by atoms with Gasteiger partial charge in [0.05, 0.1) is 10.2 Å². The molecular weight excluding hydrogens is 354 g/mol. The zero-order valence-corrected chi connectivity index (χ0v) is 15.6. The first-order chi connectivity index (χ1) is 10.9. The predicted molar refractivity (Wildman–Crippen MR) is 96.7 cm³/mol. The third-order valence-electron chi connectivity index (χ3n) is 4.04. The third-order valence-corrected chi connectivity index (χ3v) is 4.84. The maximum atomic E-state index is 12.4. The van der Waals surface area contributed by atoms with Gasteiger partial charge in [0.15, 0.2) is 5.69 Å². The summed E-state index contributed by atoms with van der Waals surface area (Å²) < 4.78 is 0.755. The van der Waals surface area contributed by atoms with Crippen LogP contribution < -0.4 is 5.32 Å². The predicted octanol–water partition coefficient (Wildman–Crippen LogP) is 4.47. The monoisotopic (exact) mass is 377 g/mol. The first-order valence-corrected chi connectivity index (χ1v) is 8.78. The number of H-pyrrole nitrogens is 1. The molecule has 5 heteroatoms. The minimum atomic E-state index is -0.151. The second kappa shape index (κ2) is 7.77. The van der Waals surface area contributed by atoms with Gasteiger partial charge in [0, 0.05) is 12.5 Å². The standard InChI is InChI=1S/C18H24BrN3O/c1-11(2)14(13-8-6-5-7-9-13)10-20-18(23)17-15(19)16(12(3)4)21-22-17/h5-9,11-12,14H,10H2,1-4H3,(H,20,23)(H,21,22). The van der Waals surface area contributed by atoms with E-state index >= 15 is 0 Å². The number of aromatic amines is 1. The van der Waals surface area contributed by atoms with Crippen LogP contribution in [0.5, 0.6) is 0 Å². The number of aromatic nitrogens is 2. The number of nitrogens with zero attached hydrogens (tertiary/aromatic N) is 1. The zero-order chi connectivity index (χ0) is 17.0. The second-order valence-electron chi connectivity index (χ2n) is 6.43. The molecule has 1 aromatic heterocycles. The van der Waals surface area contributed by atoms with Crippen LogP contribution in [0.1, 0.15) is 61.3 Å². The highest BCUT2D eigenvalue weighted by Gasteiger charge is 2.21. The van der Waals surface area contributed by atoms with E-state index in [-0.39, 0.29) is 17.7 Å². The summed E-state index contributed by atoms with van der Waals surface area (Å²) in [6.45, 7) is 9.06. The molecule has 1 amide bonds. The maximum absolute atomic E-state index is 12.4. The molecule has 0 fully saturated rings. The van der Waals surface area contributed by atoms with Crippen LogP contribution in [0.3, 0.4) is 0 Å². The highest BCUT2D eigenvalue weighted by molar-refractivity contribution is 9.10. The van der Waals surface area contributed by atoms with Gasteiger partial charge in [-0.05, 0) is 33.3 Å². The third kappa shape index (κ3) is 4.22. The molecule has 1 unspecified atom stereocenters. The Hall–Kier alpha value is -1.62. The largest absolute Gasteiger partial charge is 0.350 e. The van der Waals surface area contributed by atoms with Gasteiger partial charge in [-0.25, -0.2) is 0 Å². The quantitative estimate of drug-likeness (QED) is 0.780. The topological polar surface area (TPSA) is 57.8 Å². The van der Waals surface area contributed by atoms with E-state index in [1.54, 1.807) is 0 Å². The molecule has 1 atom stereocenters. The van der Waals surface area contributed by atoms with Crippen molar-refractivity contribution < 1.29 is 4.79 Å². The van der Waals surface area contributed by atoms with Gasteiger partial charge in [-0.3, -0.25) is 9.89 Å². The zero-order valence-electron chi connectivity index (χ0n) is 14.1. The van der Waals surface area contributed by atoms with Crippen molar-refractivity contribution in [2.24, 2.45) is 5.92 Å². The van der Waals surface area contributed by atoms with Gasteiger partial charge in [0.25, 0.3) is 5.91 Å². The van der Waals surface area contributed by atoms with Crippen molar-refractivity contribution in [2.75, 3.05) is 6.54 Å². The summed E-state index contributed by atoms with van der Waals surface area (Å²) in [4.78, 5) is 12.4. The number of rotatable bonds is 6. The minimum absolute atomic E-state index is 0.151. The summed E-state index contributed by atoms with van der Waals surface area (Å²) in [5.41, 5.74) is 2.61. The molecule has 2 N–H and O–H groups in total. The minimum Gasteiger partial charge on any atom is -0.350 e. The van der Waals surface area contributed by atoms with E-state index in [9.17, 15) is 4.79 Å². The van der Waals surface area contributed by atoms with Crippen molar-refractivity contribution in [1.29, 1.82) is 0 Å². The van der Waals surface area contributed by atoms with E-state index in [0.29, 0.717) is 18.2 Å². The fourth-order valence-electron chi connectivity index (χ4n) is 2.60. The van der Waals surface area contributed by atoms with Gasteiger partial charge in [-0.15, -0.1) is 0 Å². The molecule has 2 aromatic rings. The van der Waals surface area contributed by atoms with Crippen LogP contribution in [-0.2, 0) is 0 Å². The molecule has 23 heavy (non-hydrogen) atoms. The molecular formula is C18H24BrN3O. The van der Waals surface area contributed by atoms with Crippen LogP contribution in [0, 0.1) is 5.92 Å². The normalized spacial score (nSPS) is 12.7. The van der Waals surface area contributed by atoms with E-state index in [0.717, 1.165) is 10.2 Å². The van der Waals surface area contributed by atoms with Gasteiger partial charge in [0.1, 0.15) is 0 Å². The van der Waals surface area contributed by atoms with E-state index in [1.165, 1.54) is 5.56 Å². The summed E-state index contributed by atoms with van der Waals surface area (Å²) in [5, 5.41) is 10.1. The van der Waals surface area contributed by atoms with Crippen molar-refractivity contribution in [1.82, 2.24) is 15.5 Å². The fourth-order valence-corrected chi connectivity index (χ4v) is 3.42. The number of carbonyl (C=O) groups is 1. The summed E-state index contributed by atoms with van der Waals surface area (Å²) >= 11 is 3.48. The van der Waals surface area contributed by atoms with Crippen LogP contribution in [0.4, 0.5) is 0 Å². The van der Waals surface area contributed by atoms with Crippen LogP contribution in [-0.4, -0.2) is 22.6 Å². The average molecular weight is 378 g/mol. The molecule has 1 heterocycles. The van der Waals surface area contributed by atoms with Gasteiger partial charge >= 0.3 is 0 Å². The highest BCUT2D eigenvalue weighted by Crippen LogP contribution is 2.26. The van der Waals surface area contributed by atoms with E-state index < -0.39 is 0 Å². The number of nitrogens with one attached hydrogen (secondary N) is 2. The maximum Gasteiger partial charge on any atom is 0.272 e. The number of amides is 1. The van der Waals surface area contributed by atoms with Crippen LogP contribution in [0.25, 0.3) is 0 Å². The number of carbonyl (C=O) groups excluding carboxylic acids is 1. The molecule has 0 spiro atoms. The summed E-state index contributed by atoms with van der Waals surface area (Å²) in [6.07, 6.45) is 0. The number of benzene rings is 1. The number of hydrogen-bond acceptors (Lipinski definition) is 2. The Morgan fingerprint density at radius 3 is 2.39 bits per heavy atom. The van der Waals surface area contributed by atoms with Gasteiger partial charge in [-0.2, -0.15) is 5.10 Å². The lowest BCUT2D eigenvalue weighted by Crippen LogP contribution is -2.30. The first kappa shape index (κ1) is 17.7. The van der Waals surface area contributed by atoms with Crippen molar-refractivity contribution in [3.8, 4) is 0 Å². The van der Waals surface area contributed by atoms with Gasteiger partial charge < -0.3 is 5.32 Å². The first-order valence-electron chi connectivity index (χ1n) is 7.98. The van der Waals surface area contributed by atoms with Gasteiger partial charge in [-0.1, -0.05) is 58.0 Å². The molecule has 0 radical (unpaired) electrons. The Labute approximate surface area is 146 Å². The molecule has 2 rings (SSSR count). The SMILES string of the molecule is CC(C)c1[nH]nc(C(=O)NCC(c2ccccc2)C(C)C)c1Br. The van der Waals surface area contributed by atoms with Crippen molar-refractivity contribution in [3.05, 3.63) is 51.8 Å². The number of hydrogen-bond donors (Lipinski definition) is 2. The Balaban J connectivity index is 2.08. The molecule has 0 aliphatic carbocycles. The molecule has 124 valence electrons. The molecule has 4 nitrogen and oxygen atoms in total. The Bertz CT molecular complexity index is 650. The molecule has 0 saturated carbocycles. The second-order valence-corrected chi connectivity index (χ2v) is 7.22. The summed E-state index contributed by atoms with van der Waals surface area (Å²) in [7, 11) is 0. The fraction of sp³-hybridized carbons (Fsp3) is 0.444. The van der Waals surface area contributed by atoms with E-state index in [2.05, 4.69) is 71.3 Å². The lowest BCUT2D eigenvalue weighted by Gasteiger charge is -2.21. The lowest BCUT2D eigenvalue weighted by molar-refractivity contribution is 0.0943. The molecule has 1 aromatic carbocycles. The van der Waals surface area contributed by atoms with E-state index in [1.807, 2.05) is 18.2 Å². The van der Waals surface area contributed by atoms with Crippen molar-refractivity contribution in [2.45, 2.75) is 39.5 Å². The number of halogens is 1. The van der Waals surface area contributed by atoms with Crippen molar-refractivity contribution >= 4 is 21.8 Å². The van der Waals surface area contributed by atoms with Crippen molar-refractivity contribution in [3.63, 3.8) is 0 Å². The molecule has 0 aliphatic heterocycles. The summed E-state index contributed by atoms with van der Waals surface area (Å²) in [6, 6.07) is 10.3. The van der Waals surface area contributed by atoms with Crippen LogP contribution >= 0.6 is 15.9 Å². The Kier molecular flexibility index (Phi) is 5.99.